The van der Waals surface area contributed by atoms with E-state index in [1.165, 1.54) is 0 Å². The number of hydrogen-bond acceptors (Lipinski definition) is 4. The topological polar surface area (TPSA) is 26.3 Å². The fraction of sp³-hybridized carbons (Fsp3) is 0.273. The zero-order valence-corrected chi connectivity index (χ0v) is 11.9. The van der Waals surface area contributed by atoms with Gasteiger partial charge in [-0.2, -0.15) is 0 Å². The van der Waals surface area contributed by atoms with Crippen molar-refractivity contribution in [3.8, 4) is 0 Å². The molecule has 2 aromatic rings. The van der Waals surface area contributed by atoms with E-state index in [0.29, 0.717) is 0 Å². The first-order valence-electron chi connectivity index (χ1n) is 5.12. The van der Waals surface area contributed by atoms with E-state index in [2.05, 4.69) is 5.79 Å². The SMILES string of the molecule is [CH3][Al]([S]Cc1ccco1)[S]Cc1ccco1. The monoisotopic (exact) mass is 268 g/mol. The number of rotatable bonds is 6. The van der Waals surface area contributed by atoms with Crippen LogP contribution in [0, 0.1) is 0 Å². The van der Waals surface area contributed by atoms with Crippen molar-refractivity contribution >= 4 is 32.1 Å². The molecule has 0 fully saturated rings. The highest BCUT2D eigenvalue weighted by molar-refractivity contribution is 8.53. The molecular formula is C11H13AlO2S2. The summed E-state index contributed by atoms with van der Waals surface area (Å²) in [5.74, 6) is 6.48. The Morgan fingerprint density at radius 3 is 1.88 bits per heavy atom. The zero-order valence-electron chi connectivity index (χ0n) is 9.09. The quantitative estimate of drug-likeness (QED) is 0.735. The molecule has 2 heterocycles. The second-order valence-electron chi connectivity index (χ2n) is 3.35. The first kappa shape index (κ1) is 12.3. The fourth-order valence-corrected chi connectivity index (χ4v) is 7.23. The van der Waals surface area contributed by atoms with Crippen LogP contribution in [0.2, 0.25) is 5.79 Å². The normalized spacial score (nSPS) is 10.6. The maximum Gasteiger partial charge on any atom is 0.427 e. The Morgan fingerprint density at radius 1 is 1.00 bits per heavy atom. The summed E-state index contributed by atoms with van der Waals surface area (Å²) in [6.45, 7) is 0. The highest BCUT2D eigenvalue weighted by Gasteiger charge is 2.14. The van der Waals surface area contributed by atoms with Gasteiger partial charge in [-0.05, 0) is 24.3 Å². The van der Waals surface area contributed by atoms with Gasteiger partial charge in [-0.3, -0.25) is 0 Å². The molecule has 0 aliphatic carbocycles. The molecule has 0 spiro atoms. The van der Waals surface area contributed by atoms with Gasteiger partial charge >= 0.3 is 11.9 Å². The first-order chi connectivity index (χ1) is 7.84. The van der Waals surface area contributed by atoms with Crippen LogP contribution in [0.5, 0.6) is 0 Å². The molecule has 16 heavy (non-hydrogen) atoms. The minimum absolute atomic E-state index is 0.779. The van der Waals surface area contributed by atoms with E-state index in [1.807, 2.05) is 44.5 Å². The smallest absolute Gasteiger partial charge is 0.427 e. The Morgan fingerprint density at radius 2 is 1.50 bits per heavy atom. The molecule has 2 nitrogen and oxygen atoms in total. The van der Waals surface area contributed by atoms with Crippen LogP contribution in [-0.4, -0.2) is 11.9 Å². The molecule has 0 saturated heterocycles. The summed E-state index contributed by atoms with van der Waals surface area (Å²) in [6.07, 6.45) is 3.47. The molecule has 0 bridgehead atoms. The summed E-state index contributed by atoms with van der Waals surface area (Å²) >= 11 is -0.779. The summed E-state index contributed by atoms with van der Waals surface area (Å²) in [7, 11) is 4.04. The Hall–Kier alpha value is -0.208. The van der Waals surface area contributed by atoms with Gasteiger partial charge in [0.05, 0.1) is 12.5 Å². The average Bonchev–Trinajstić information content (AvgIpc) is 2.96. The lowest BCUT2D eigenvalue weighted by Gasteiger charge is -2.04. The van der Waals surface area contributed by atoms with Gasteiger partial charge in [-0.15, -0.1) is 0 Å². The Labute approximate surface area is 106 Å². The third kappa shape index (κ3) is 3.99. The van der Waals surface area contributed by atoms with E-state index in [9.17, 15) is 0 Å². The zero-order chi connectivity index (χ0) is 11.2. The lowest BCUT2D eigenvalue weighted by molar-refractivity contribution is 0.530. The van der Waals surface area contributed by atoms with Gasteiger partial charge in [0.2, 0.25) is 0 Å². The molecule has 2 rings (SSSR count). The third-order valence-electron chi connectivity index (χ3n) is 2.08. The van der Waals surface area contributed by atoms with Crippen molar-refractivity contribution in [2.75, 3.05) is 0 Å². The van der Waals surface area contributed by atoms with Crippen molar-refractivity contribution < 1.29 is 8.83 Å². The maximum atomic E-state index is 5.31. The van der Waals surface area contributed by atoms with Gasteiger partial charge in [0.25, 0.3) is 0 Å². The van der Waals surface area contributed by atoms with E-state index in [0.717, 1.165) is 23.0 Å². The van der Waals surface area contributed by atoms with Crippen molar-refractivity contribution in [3.63, 3.8) is 0 Å². The van der Waals surface area contributed by atoms with Crippen LogP contribution in [0.3, 0.4) is 0 Å². The first-order valence-corrected chi connectivity index (χ1v) is 11.2. The van der Waals surface area contributed by atoms with E-state index in [-0.39, 0.29) is 0 Å². The molecule has 0 aromatic carbocycles. The van der Waals surface area contributed by atoms with Crippen molar-refractivity contribution in [1.82, 2.24) is 0 Å². The minimum atomic E-state index is -0.779. The van der Waals surface area contributed by atoms with E-state index in [1.54, 1.807) is 12.5 Å². The standard InChI is InChI=1S/2C5H6OS.CH3.Al/c2*7-4-5-2-1-3-6-5;;/h2*1-3,7H,4H2;1H3;/q;;;+2/p-2. The molecule has 5 heteroatoms. The van der Waals surface area contributed by atoms with E-state index < -0.39 is 11.9 Å². The summed E-state index contributed by atoms with van der Waals surface area (Å²) in [4.78, 5) is 0. The fourth-order valence-electron chi connectivity index (χ4n) is 1.24. The Kier molecular flexibility index (Phi) is 4.99. The van der Waals surface area contributed by atoms with Gasteiger partial charge in [0, 0.05) is 11.5 Å². The second kappa shape index (κ2) is 6.51. The van der Waals surface area contributed by atoms with Crippen LogP contribution >= 0.6 is 20.3 Å². The number of hydrogen-bond donors (Lipinski definition) is 0. The second-order valence-corrected chi connectivity index (χ2v) is 12.9. The summed E-state index contributed by atoms with van der Waals surface area (Å²) in [5, 5.41) is 0. The van der Waals surface area contributed by atoms with Crippen molar-refractivity contribution in [2.45, 2.75) is 17.3 Å². The van der Waals surface area contributed by atoms with Crippen LogP contribution < -0.4 is 0 Å². The molecule has 84 valence electrons. The molecule has 0 unspecified atom stereocenters. The van der Waals surface area contributed by atoms with Crippen LogP contribution in [0.1, 0.15) is 11.5 Å². The lowest BCUT2D eigenvalue weighted by Crippen LogP contribution is -1.96. The van der Waals surface area contributed by atoms with Gasteiger partial charge in [-0.25, -0.2) is 20.3 Å². The molecule has 0 atom stereocenters. The van der Waals surface area contributed by atoms with Gasteiger partial charge in [0.1, 0.15) is 11.5 Å². The number of furan rings is 2. The summed E-state index contributed by atoms with van der Waals surface area (Å²) < 4.78 is 10.6. The molecule has 2 aromatic heterocycles. The van der Waals surface area contributed by atoms with Crippen LogP contribution in [-0.2, 0) is 11.5 Å². The lowest BCUT2D eigenvalue weighted by atomic mass is 10.5. The predicted octanol–water partition coefficient (Wildman–Crippen LogP) is 4.16. The largest absolute Gasteiger partial charge is 0.469 e. The van der Waals surface area contributed by atoms with E-state index in [4.69, 9.17) is 8.83 Å². The van der Waals surface area contributed by atoms with Gasteiger partial charge in [0.15, 0.2) is 0 Å². The molecule has 0 amide bonds. The maximum absolute atomic E-state index is 5.31. The summed E-state index contributed by atoms with van der Waals surface area (Å²) in [6, 6.07) is 7.95. The average molecular weight is 268 g/mol. The molecule has 0 N–H and O–H groups in total. The van der Waals surface area contributed by atoms with Gasteiger partial charge in [-0.1, -0.05) is 5.79 Å². The molecule has 0 saturated carbocycles. The van der Waals surface area contributed by atoms with Crippen LogP contribution in [0.4, 0.5) is 0 Å². The van der Waals surface area contributed by atoms with Gasteiger partial charge < -0.3 is 8.83 Å². The molecule has 0 aliphatic rings. The predicted molar refractivity (Wildman–Crippen MR) is 71.6 cm³/mol. The Balaban J connectivity index is 1.66. The Bertz CT molecular complexity index is 348. The molecular weight excluding hydrogens is 255 g/mol. The molecule has 0 radical (unpaired) electrons. The van der Waals surface area contributed by atoms with E-state index >= 15 is 0 Å². The van der Waals surface area contributed by atoms with Crippen LogP contribution in [0.25, 0.3) is 0 Å². The molecule has 0 aliphatic heterocycles. The highest BCUT2D eigenvalue weighted by atomic mass is 32.5. The highest BCUT2D eigenvalue weighted by Crippen LogP contribution is 2.26. The third-order valence-corrected chi connectivity index (χ3v) is 10.2. The van der Waals surface area contributed by atoms with Crippen molar-refractivity contribution in [1.29, 1.82) is 0 Å². The summed E-state index contributed by atoms with van der Waals surface area (Å²) in [5.41, 5.74) is 0. The minimum Gasteiger partial charge on any atom is -0.469 e. The van der Waals surface area contributed by atoms with Crippen molar-refractivity contribution in [2.24, 2.45) is 0 Å². The van der Waals surface area contributed by atoms with Crippen LogP contribution in [0.15, 0.2) is 45.6 Å². The van der Waals surface area contributed by atoms with Crippen molar-refractivity contribution in [3.05, 3.63) is 48.3 Å².